The van der Waals surface area contributed by atoms with Gasteiger partial charge in [0.15, 0.2) is 0 Å². The topological polar surface area (TPSA) is 12.0 Å². The summed E-state index contributed by atoms with van der Waals surface area (Å²) in [4.78, 5) is 2.44. The van der Waals surface area contributed by atoms with E-state index in [1.54, 1.807) is 11.3 Å². The Hall–Kier alpha value is -1.01. The standard InChI is InChI=1S/C15H15BrF3NS/c1-8-6-12(10(3)21-8)9(2)20-14-5-4-11(7-13(14)16)15(17,18)19/h4-7,9,20H,1-3H3. The molecule has 114 valence electrons. The smallest absolute Gasteiger partial charge is 0.378 e. The lowest BCUT2D eigenvalue weighted by Crippen LogP contribution is -2.09. The number of nitrogens with one attached hydrogen (secondary N) is 1. The average Bonchev–Trinajstić information content (AvgIpc) is 2.69. The Morgan fingerprint density at radius 1 is 1.19 bits per heavy atom. The Labute approximate surface area is 134 Å². The average molecular weight is 378 g/mol. The number of hydrogen-bond donors (Lipinski definition) is 1. The van der Waals surface area contributed by atoms with E-state index < -0.39 is 11.7 Å². The van der Waals surface area contributed by atoms with Crippen LogP contribution in [0.15, 0.2) is 28.7 Å². The van der Waals surface area contributed by atoms with Gasteiger partial charge in [-0.05, 0) is 66.5 Å². The van der Waals surface area contributed by atoms with Crippen molar-refractivity contribution in [3.63, 3.8) is 0 Å². The van der Waals surface area contributed by atoms with Gasteiger partial charge in [-0.2, -0.15) is 13.2 Å². The molecule has 1 atom stereocenters. The maximum atomic E-state index is 12.6. The molecule has 0 spiro atoms. The molecule has 0 fully saturated rings. The second kappa shape index (κ2) is 6.01. The summed E-state index contributed by atoms with van der Waals surface area (Å²) in [6.07, 6.45) is -4.33. The van der Waals surface area contributed by atoms with Crippen molar-refractivity contribution in [1.82, 2.24) is 0 Å². The lowest BCUT2D eigenvalue weighted by Gasteiger charge is -2.17. The fourth-order valence-corrected chi connectivity index (χ4v) is 3.72. The van der Waals surface area contributed by atoms with E-state index in [0.29, 0.717) is 10.2 Å². The zero-order valence-electron chi connectivity index (χ0n) is 11.8. The second-order valence-electron chi connectivity index (χ2n) is 4.93. The van der Waals surface area contributed by atoms with Gasteiger partial charge in [0.25, 0.3) is 0 Å². The lowest BCUT2D eigenvalue weighted by molar-refractivity contribution is -0.137. The minimum absolute atomic E-state index is 0.0305. The summed E-state index contributed by atoms with van der Waals surface area (Å²) in [5.74, 6) is 0. The van der Waals surface area contributed by atoms with E-state index in [-0.39, 0.29) is 6.04 Å². The fourth-order valence-electron chi connectivity index (χ4n) is 2.20. The summed E-state index contributed by atoms with van der Waals surface area (Å²) in [6, 6.07) is 5.78. The Balaban J connectivity index is 2.22. The molecule has 0 amide bonds. The zero-order valence-corrected chi connectivity index (χ0v) is 14.2. The van der Waals surface area contributed by atoms with Crippen molar-refractivity contribution >= 4 is 33.0 Å². The summed E-state index contributed by atoms with van der Waals surface area (Å²) < 4.78 is 38.3. The highest BCUT2D eigenvalue weighted by Crippen LogP contribution is 2.36. The van der Waals surface area contributed by atoms with Gasteiger partial charge in [-0.15, -0.1) is 11.3 Å². The molecule has 0 aliphatic rings. The molecule has 6 heteroatoms. The molecule has 1 unspecified atom stereocenters. The van der Waals surface area contributed by atoms with Gasteiger partial charge in [0.1, 0.15) is 0 Å². The zero-order chi connectivity index (χ0) is 15.8. The van der Waals surface area contributed by atoms with E-state index in [9.17, 15) is 13.2 Å². The number of thiophene rings is 1. The van der Waals surface area contributed by atoms with Crippen molar-refractivity contribution in [3.8, 4) is 0 Å². The molecule has 21 heavy (non-hydrogen) atoms. The highest BCUT2D eigenvalue weighted by Gasteiger charge is 2.30. The summed E-state index contributed by atoms with van der Waals surface area (Å²) >= 11 is 4.92. The van der Waals surface area contributed by atoms with Gasteiger partial charge in [0.05, 0.1) is 5.56 Å². The SMILES string of the molecule is Cc1cc(C(C)Nc2ccc(C(F)(F)F)cc2Br)c(C)s1. The Bertz CT molecular complexity index is 649. The number of aryl methyl sites for hydroxylation is 2. The molecular formula is C15H15BrF3NS. The van der Waals surface area contributed by atoms with Crippen LogP contribution in [0.1, 0.15) is 33.8 Å². The minimum Gasteiger partial charge on any atom is -0.378 e. The maximum absolute atomic E-state index is 12.6. The van der Waals surface area contributed by atoms with E-state index in [2.05, 4.69) is 27.3 Å². The Kier molecular flexibility index (Phi) is 4.68. The monoisotopic (exact) mass is 377 g/mol. The van der Waals surface area contributed by atoms with Crippen LogP contribution in [0.3, 0.4) is 0 Å². The van der Waals surface area contributed by atoms with Crippen LogP contribution in [-0.2, 0) is 6.18 Å². The van der Waals surface area contributed by atoms with E-state index in [0.717, 1.165) is 12.1 Å². The number of benzene rings is 1. The van der Waals surface area contributed by atoms with Gasteiger partial charge in [0.2, 0.25) is 0 Å². The Morgan fingerprint density at radius 2 is 1.86 bits per heavy atom. The molecule has 0 saturated carbocycles. The molecule has 2 aromatic rings. The van der Waals surface area contributed by atoms with Crippen LogP contribution in [0.2, 0.25) is 0 Å². The molecule has 0 aliphatic heterocycles. The molecule has 2 rings (SSSR count). The van der Waals surface area contributed by atoms with Gasteiger partial charge in [-0.3, -0.25) is 0 Å². The van der Waals surface area contributed by atoms with Crippen molar-refractivity contribution in [2.45, 2.75) is 33.0 Å². The molecule has 0 radical (unpaired) electrons. The molecule has 0 saturated heterocycles. The minimum atomic E-state index is -4.33. The first-order chi connectivity index (χ1) is 9.68. The van der Waals surface area contributed by atoms with Crippen LogP contribution in [0.5, 0.6) is 0 Å². The highest BCUT2D eigenvalue weighted by molar-refractivity contribution is 9.10. The van der Waals surface area contributed by atoms with Crippen molar-refractivity contribution in [3.05, 3.63) is 49.6 Å². The van der Waals surface area contributed by atoms with Gasteiger partial charge in [-0.25, -0.2) is 0 Å². The van der Waals surface area contributed by atoms with Crippen LogP contribution in [0.25, 0.3) is 0 Å². The first kappa shape index (κ1) is 16.4. The second-order valence-corrected chi connectivity index (χ2v) is 7.24. The normalized spacial score (nSPS) is 13.3. The van der Waals surface area contributed by atoms with E-state index in [4.69, 9.17) is 0 Å². The highest BCUT2D eigenvalue weighted by atomic mass is 79.9. The summed E-state index contributed by atoms with van der Waals surface area (Å²) in [7, 11) is 0. The molecule has 1 nitrogen and oxygen atoms in total. The number of alkyl halides is 3. The molecule has 1 aromatic heterocycles. The van der Waals surface area contributed by atoms with Crippen LogP contribution >= 0.6 is 27.3 Å². The van der Waals surface area contributed by atoms with Gasteiger partial charge in [0, 0.05) is 26.0 Å². The van der Waals surface area contributed by atoms with E-state index >= 15 is 0 Å². The number of rotatable bonds is 3. The van der Waals surface area contributed by atoms with Crippen LogP contribution in [0.4, 0.5) is 18.9 Å². The third kappa shape index (κ3) is 3.80. The number of halogens is 4. The molecule has 1 heterocycles. The van der Waals surface area contributed by atoms with Crippen molar-refractivity contribution in [2.24, 2.45) is 0 Å². The van der Waals surface area contributed by atoms with Crippen LogP contribution in [0, 0.1) is 13.8 Å². The van der Waals surface area contributed by atoms with E-state index in [1.807, 2.05) is 20.8 Å². The quantitative estimate of drug-likeness (QED) is 0.659. The predicted molar refractivity (Wildman–Crippen MR) is 85.0 cm³/mol. The van der Waals surface area contributed by atoms with Crippen LogP contribution < -0.4 is 5.32 Å². The van der Waals surface area contributed by atoms with Gasteiger partial charge >= 0.3 is 6.18 Å². The number of anilines is 1. The summed E-state index contributed by atoms with van der Waals surface area (Å²) in [5, 5.41) is 3.25. The summed E-state index contributed by atoms with van der Waals surface area (Å²) in [5.41, 5.74) is 1.16. The molecule has 0 bridgehead atoms. The maximum Gasteiger partial charge on any atom is 0.416 e. The molecule has 1 N–H and O–H groups in total. The van der Waals surface area contributed by atoms with Gasteiger partial charge < -0.3 is 5.32 Å². The molecule has 0 aliphatic carbocycles. The first-order valence-electron chi connectivity index (χ1n) is 6.38. The fraction of sp³-hybridized carbons (Fsp3) is 0.333. The number of hydrogen-bond acceptors (Lipinski definition) is 2. The summed E-state index contributed by atoms with van der Waals surface area (Å²) in [6.45, 7) is 6.09. The van der Waals surface area contributed by atoms with Crippen molar-refractivity contribution < 1.29 is 13.2 Å². The third-order valence-electron chi connectivity index (χ3n) is 3.21. The Morgan fingerprint density at radius 3 is 2.33 bits per heavy atom. The van der Waals surface area contributed by atoms with Gasteiger partial charge in [-0.1, -0.05) is 0 Å². The largest absolute Gasteiger partial charge is 0.416 e. The molecule has 1 aromatic carbocycles. The van der Waals surface area contributed by atoms with Crippen molar-refractivity contribution in [2.75, 3.05) is 5.32 Å². The van der Waals surface area contributed by atoms with Crippen LogP contribution in [-0.4, -0.2) is 0 Å². The molecular weight excluding hydrogens is 363 g/mol. The first-order valence-corrected chi connectivity index (χ1v) is 7.99. The van der Waals surface area contributed by atoms with Crippen molar-refractivity contribution in [1.29, 1.82) is 0 Å². The lowest BCUT2D eigenvalue weighted by atomic mass is 10.1. The third-order valence-corrected chi connectivity index (χ3v) is 4.85. The van der Waals surface area contributed by atoms with E-state index in [1.165, 1.54) is 21.4 Å². The predicted octanol–water partition coefficient (Wildman–Crippen LogP) is 6.32.